The summed E-state index contributed by atoms with van der Waals surface area (Å²) < 4.78 is 32.6. The SMILES string of the molecule is O=C1OC(CO)CN1c1ccc(-c2ccc(COC3COc4nc([N+](=O)[O-])cn4C3)nc2)c(F)c1. The maximum absolute atomic E-state index is 14.8. The minimum absolute atomic E-state index is 0.148. The molecule has 1 N–H and O–H groups in total. The number of amides is 1. The molecule has 1 saturated heterocycles. The van der Waals surface area contributed by atoms with Crippen LogP contribution in [0.4, 0.5) is 20.7 Å². The number of pyridine rings is 1. The van der Waals surface area contributed by atoms with Crippen molar-refractivity contribution in [3.63, 3.8) is 0 Å². The minimum atomic E-state index is -0.634. The van der Waals surface area contributed by atoms with Crippen LogP contribution in [0.15, 0.2) is 42.7 Å². The Morgan fingerprint density at radius 3 is 2.83 bits per heavy atom. The minimum Gasteiger partial charge on any atom is -0.443 e. The number of halogens is 1. The van der Waals surface area contributed by atoms with E-state index in [1.165, 1.54) is 27.9 Å². The summed E-state index contributed by atoms with van der Waals surface area (Å²) in [5.41, 5.74) is 1.82. The van der Waals surface area contributed by atoms with Crippen molar-refractivity contribution in [1.82, 2.24) is 14.5 Å². The summed E-state index contributed by atoms with van der Waals surface area (Å²) in [5.74, 6) is -0.814. The number of carbonyl (C=O) groups excluding carboxylic acids is 1. The molecule has 0 spiro atoms. The van der Waals surface area contributed by atoms with Crippen LogP contribution < -0.4 is 9.64 Å². The third-order valence-electron chi connectivity index (χ3n) is 5.66. The molecule has 0 radical (unpaired) electrons. The maximum atomic E-state index is 14.8. The number of aromatic nitrogens is 3. The van der Waals surface area contributed by atoms with Gasteiger partial charge in [-0.25, -0.2) is 9.18 Å². The average Bonchev–Trinajstić information content (AvgIpc) is 3.46. The zero-order chi connectivity index (χ0) is 24.5. The molecule has 2 aromatic heterocycles. The fourth-order valence-electron chi connectivity index (χ4n) is 3.87. The molecule has 1 fully saturated rings. The van der Waals surface area contributed by atoms with Gasteiger partial charge in [-0.3, -0.25) is 14.5 Å². The van der Waals surface area contributed by atoms with Gasteiger partial charge in [0.1, 0.15) is 30.8 Å². The molecule has 13 heteroatoms. The smallest absolute Gasteiger partial charge is 0.414 e. The molecule has 3 aromatic rings. The monoisotopic (exact) mass is 485 g/mol. The number of imidazole rings is 1. The molecular formula is C22H20FN5O7. The number of fused-ring (bicyclic) bond motifs is 1. The molecule has 12 nitrogen and oxygen atoms in total. The van der Waals surface area contributed by atoms with Crippen LogP contribution in [-0.4, -0.2) is 62.6 Å². The Bertz CT molecular complexity index is 1270. The molecule has 0 aliphatic carbocycles. The lowest BCUT2D eigenvalue weighted by atomic mass is 10.1. The van der Waals surface area contributed by atoms with Crippen LogP contribution in [0.2, 0.25) is 0 Å². The van der Waals surface area contributed by atoms with E-state index in [2.05, 4.69) is 9.97 Å². The van der Waals surface area contributed by atoms with Crippen LogP contribution in [0, 0.1) is 15.9 Å². The van der Waals surface area contributed by atoms with Crippen LogP contribution in [0.5, 0.6) is 6.01 Å². The number of anilines is 1. The Balaban J connectivity index is 1.21. The largest absolute Gasteiger partial charge is 0.443 e. The Morgan fingerprint density at radius 2 is 2.14 bits per heavy atom. The van der Waals surface area contributed by atoms with Crippen LogP contribution >= 0.6 is 0 Å². The summed E-state index contributed by atoms with van der Waals surface area (Å²) in [5, 5.41) is 20.0. The normalized spacial score (nSPS) is 19.3. The first-order valence-corrected chi connectivity index (χ1v) is 10.7. The predicted octanol–water partition coefficient (Wildman–Crippen LogP) is 2.29. The van der Waals surface area contributed by atoms with E-state index in [0.717, 1.165) is 0 Å². The van der Waals surface area contributed by atoms with Crippen LogP contribution in [0.3, 0.4) is 0 Å². The molecule has 2 aliphatic heterocycles. The molecule has 4 heterocycles. The van der Waals surface area contributed by atoms with E-state index >= 15 is 0 Å². The quantitative estimate of drug-likeness (QED) is 0.394. The molecule has 2 atom stereocenters. The molecule has 1 aromatic carbocycles. The Morgan fingerprint density at radius 1 is 1.29 bits per heavy atom. The number of hydrogen-bond acceptors (Lipinski definition) is 9. The van der Waals surface area contributed by atoms with Gasteiger partial charge in [0.05, 0.1) is 37.7 Å². The van der Waals surface area contributed by atoms with Gasteiger partial charge in [-0.05, 0) is 29.2 Å². The number of ether oxygens (including phenoxy) is 3. The van der Waals surface area contributed by atoms with Gasteiger partial charge in [0.2, 0.25) is 0 Å². The molecule has 0 bridgehead atoms. The Kier molecular flexibility index (Phi) is 6.01. The van der Waals surface area contributed by atoms with Gasteiger partial charge >= 0.3 is 17.9 Å². The van der Waals surface area contributed by atoms with Crippen molar-refractivity contribution in [2.24, 2.45) is 0 Å². The number of benzene rings is 1. The first-order chi connectivity index (χ1) is 16.9. The molecule has 2 unspecified atom stereocenters. The second kappa shape index (κ2) is 9.27. The van der Waals surface area contributed by atoms with Crippen molar-refractivity contribution >= 4 is 17.6 Å². The topological polar surface area (TPSA) is 142 Å². The standard InChI is InChI=1S/C22H20FN5O7/c23-19-5-15(27-8-16(10-29)35-22(27)30)3-4-18(19)13-1-2-14(24-6-13)11-33-17-7-26-9-20(28(31)32)25-21(26)34-12-17/h1-6,9,16-17,29H,7-8,10-12H2. The van der Waals surface area contributed by atoms with E-state index < -0.39 is 22.9 Å². The fraction of sp³-hybridized carbons (Fsp3) is 0.318. The molecular weight excluding hydrogens is 465 g/mol. The van der Waals surface area contributed by atoms with Crippen molar-refractivity contribution in [2.45, 2.75) is 25.4 Å². The number of aliphatic hydroxyl groups is 1. The van der Waals surface area contributed by atoms with Crippen molar-refractivity contribution < 1.29 is 33.4 Å². The highest BCUT2D eigenvalue weighted by molar-refractivity contribution is 5.90. The molecule has 5 rings (SSSR count). The van der Waals surface area contributed by atoms with E-state index in [9.17, 15) is 19.3 Å². The lowest BCUT2D eigenvalue weighted by Gasteiger charge is -2.22. The Labute approximate surface area is 197 Å². The van der Waals surface area contributed by atoms with E-state index in [4.69, 9.17) is 19.3 Å². The number of carbonyl (C=O) groups is 1. The summed E-state index contributed by atoms with van der Waals surface area (Å²) in [4.78, 5) is 31.6. The zero-order valence-corrected chi connectivity index (χ0v) is 18.2. The van der Waals surface area contributed by atoms with Crippen molar-refractivity contribution in [3.8, 4) is 17.1 Å². The zero-order valence-electron chi connectivity index (χ0n) is 18.2. The number of nitrogens with zero attached hydrogens (tertiary/aromatic N) is 5. The van der Waals surface area contributed by atoms with Crippen LogP contribution in [-0.2, 0) is 22.6 Å². The number of rotatable bonds is 7. The maximum Gasteiger partial charge on any atom is 0.414 e. The van der Waals surface area contributed by atoms with Crippen molar-refractivity contribution in [2.75, 3.05) is 24.7 Å². The third kappa shape index (κ3) is 4.63. The highest BCUT2D eigenvalue weighted by Crippen LogP contribution is 2.29. The molecule has 35 heavy (non-hydrogen) atoms. The van der Waals surface area contributed by atoms with Gasteiger partial charge in [-0.1, -0.05) is 6.07 Å². The first kappa shape index (κ1) is 22.7. The lowest BCUT2D eigenvalue weighted by Crippen LogP contribution is -2.32. The van der Waals surface area contributed by atoms with Gasteiger partial charge in [0.15, 0.2) is 0 Å². The van der Waals surface area contributed by atoms with Crippen molar-refractivity contribution in [1.29, 1.82) is 0 Å². The van der Waals surface area contributed by atoms with Gasteiger partial charge in [-0.2, -0.15) is 0 Å². The van der Waals surface area contributed by atoms with E-state index in [-0.39, 0.29) is 44.3 Å². The Hall–Kier alpha value is -4.10. The highest BCUT2D eigenvalue weighted by atomic mass is 19.1. The van der Waals surface area contributed by atoms with Crippen molar-refractivity contribution in [3.05, 3.63) is 64.4 Å². The summed E-state index contributed by atoms with van der Waals surface area (Å²) >= 11 is 0. The highest BCUT2D eigenvalue weighted by Gasteiger charge is 2.32. The number of hydrogen-bond donors (Lipinski definition) is 1. The molecule has 1 amide bonds. The number of cyclic esters (lactones) is 1. The van der Waals surface area contributed by atoms with E-state index in [1.807, 2.05) is 0 Å². The third-order valence-corrected chi connectivity index (χ3v) is 5.66. The average molecular weight is 485 g/mol. The molecule has 0 saturated carbocycles. The van der Waals surface area contributed by atoms with Gasteiger partial charge < -0.3 is 29.4 Å². The van der Waals surface area contributed by atoms with E-state index in [1.54, 1.807) is 24.3 Å². The van der Waals surface area contributed by atoms with Gasteiger partial charge in [0.25, 0.3) is 0 Å². The number of nitro groups is 1. The van der Waals surface area contributed by atoms with E-state index in [0.29, 0.717) is 29.1 Å². The fourth-order valence-corrected chi connectivity index (χ4v) is 3.87. The summed E-state index contributed by atoms with van der Waals surface area (Å²) in [7, 11) is 0. The number of aliphatic hydroxyl groups excluding tert-OH is 1. The second-order valence-corrected chi connectivity index (χ2v) is 8.04. The summed E-state index contributed by atoms with van der Waals surface area (Å²) in [6, 6.07) is 8.01. The van der Waals surface area contributed by atoms with Crippen LogP contribution in [0.25, 0.3) is 11.1 Å². The summed E-state index contributed by atoms with van der Waals surface area (Å²) in [6.45, 7) is 0.578. The molecule has 182 valence electrons. The van der Waals surface area contributed by atoms with Gasteiger partial charge in [0, 0.05) is 22.3 Å². The first-order valence-electron chi connectivity index (χ1n) is 10.7. The summed E-state index contributed by atoms with van der Waals surface area (Å²) in [6.07, 6.45) is 1.22. The molecule has 2 aliphatic rings. The van der Waals surface area contributed by atoms with Gasteiger partial charge in [-0.15, -0.1) is 0 Å². The lowest BCUT2D eigenvalue weighted by molar-refractivity contribution is -0.389. The van der Waals surface area contributed by atoms with Crippen LogP contribution in [0.1, 0.15) is 5.69 Å². The second-order valence-electron chi connectivity index (χ2n) is 8.04. The predicted molar refractivity (Wildman–Crippen MR) is 117 cm³/mol.